The van der Waals surface area contributed by atoms with E-state index in [4.69, 9.17) is 87.8 Å². The Morgan fingerprint density at radius 1 is 0.400 bits per heavy atom. The fourth-order valence-electron chi connectivity index (χ4n) is 6.36. The van der Waals surface area contributed by atoms with Crippen molar-refractivity contribution in [3.63, 3.8) is 0 Å². The van der Waals surface area contributed by atoms with E-state index in [1.54, 1.807) is 13.8 Å². The van der Waals surface area contributed by atoms with Gasteiger partial charge in [0.15, 0.2) is 10.1 Å². The quantitative estimate of drug-likeness (QED) is 0.0139. The number of nitrogens with two attached hydrogens (primary N) is 3. The Balaban J connectivity index is -0.000000182. The van der Waals surface area contributed by atoms with Crippen LogP contribution in [0.3, 0.4) is 0 Å². The van der Waals surface area contributed by atoms with Crippen molar-refractivity contribution in [1.82, 2.24) is 10.6 Å². The van der Waals surface area contributed by atoms with E-state index < -0.39 is 73.6 Å². The number of carbonyl (C=O) groups excluding carboxylic acids is 13. The van der Waals surface area contributed by atoms with Gasteiger partial charge in [0.25, 0.3) is 0 Å². The number of halogens is 2. The van der Waals surface area contributed by atoms with Crippen molar-refractivity contribution in [2.24, 2.45) is 71.4 Å². The molecule has 0 aromatic carbocycles. The Morgan fingerprint density at radius 2 is 0.692 bits per heavy atom. The minimum atomic E-state index is -2.98. The van der Waals surface area contributed by atoms with E-state index in [9.17, 15) is 81.0 Å². The highest BCUT2D eigenvalue weighted by molar-refractivity contribution is 7.91. The molecule has 0 aliphatic rings. The molecule has 10 N–H and O–H groups in total. The van der Waals surface area contributed by atoms with Crippen LogP contribution in [0.5, 0.6) is 0 Å². The van der Waals surface area contributed by atoms with Gasteiger partial charge < -0.3 is 94.9 Å². The van der Waals surface area contributed by atoms with Gasteiger partial charge in [0.05, 0.1) is 45.5 Å². The number of amides is 3. The van der Waals surface area contributed by atoms with E-state index in [2.05, 4.69) is 15.4 Å². The summed E-state index contributed by atoms with van der Waals surface area (Å²) in [6, 6.07) is 0. The molecule has 0 rings (SSSR count). The number of alkyl halides is 2. The Hall–Kier alpha value is -6.72. The highest BCUT2D eigenvalue weighted by Crippen LogP contribution is 2.32. The standard InChI is InChI=1S/C13H26O4.C12H25NO3.C12H24O4S.C11H18Cl2O3.C11H20O3.C10H19NO4.C10H19NO3.C8H17NO2.C7H15NO2/c1-6-13(8-14,9-15)7-11(16)17-10(2)12(3,4)5;1-7-12(6,13)8-15-10(14)16-9(2)11(3,4)5;1-6-17(14,15)9-7-8-11(13)16-10(2)12(3,4)5;1-7(10(2,3)4)16-9(15)6-8(14)11(5,12)13;1-8(12)6-7-10(13)14-9(2)11(3,4)5;1-7(10(2,3)4)15-8(12)6-11-9(13)14-5;1-7(10(3,4)5)14-9(13)6-11-8(2)12;1-6(8(2,3)4)11-7(10)5-9;1-5(7(2,3)4)10-6(8)9/h10,14-15H,6-9H2,1-5H3;9H,7-8,13H2,1-6H3;10H,6-9H2,1-5H3;7H,6H2,1-5H3;9H,6-7H2,1-5H3;7H,6H2,1-5H3,(H,11,13);7H,6H2,1-5H3,(H,11,12);6H,5,9H2,1-4H3;5H,1-4H3,(H2,8,9)/t10-;9-,12?;10-;7-;9-;2*7-;6-;5-/m111111111/s1. The van der Waals surface area contributed by atoms with E-state index in [0.717, 1.165) is 6.42 Å². The Morgan fingerprint density at radius 3 is 0.954 bits per heavy atom. The molecule has 1 unspecified atom stereocenters. The number of sulfone groups is 1. The lowest BCUT2D eigenvalue weighted by Gasteiger charge is -2.31. The van der Waals surface area contributed by atoms with Crippen LogP contribution >= 0.6 is 23.2 Å². The summed E-state index contributed by atoms with van der Waals surface area (Å²) < 4.78 is 76.1. The predicted molar refractivity (Wildman–Crippen MR) is 512 cm³/mol. The molecule has 0 saturated heterocycles. The number of aliphatic hydroxyl groups excluding tert-OH is 2. The lowest BCUT2D eigenvalue weighted by molar-refractivity contribution is -0.158. The van der Waals surface area contributed by atoms with Crippen LogP contribution in [0.15, 0.2) is 0 Å². The molecule has 10 atom stereocenters. The molecular formula is C94H183Cl2N5O28S. The lowest BCUT2D eigenvalue weighted by atomic mass is 9.83. The van der Waals surface area contributed by atoms with E-state index in [-0.39, 0.29) is 216 Å². The summed E-state index contributed by atoms with van der Waals surface area (Å²) in [7, 11) is -1.75. The molecule has 0 aromatic heterocycles. The molecule has 3 amide bonds. The number of methoxy groups -OCH3 is 1. The van der Waals surface area contributed by atoms with Crippen LogP contribution < -0.4 is 27.8 Å². The maximum absolute atomic E-state index is 11.7. The third kappa shape index (κ3) is 83.1. The van der Waals surface area contributed by atoms with E-state index in [1.165, 1.54) is 27.9 Å². The van der Waals surface area contributed by atoms with Crippen LogP contribution in [-0.4, -0.2) is 219 Å². The molecule has 0 aliphatic heterocycles. The molecule has 772 valence electrons. The molecule has 0 heterocycles. The number of nitrogens with one attached hydrogen (secondary N) is 2. The zero-order valence-electron chi connectivity index (χ0n) is 88.4. The van der Waals surface area contributed by atoms with Gasteiger partial charge in [-0.15, -0.1) is 0 Å². The van der Waals surface area contributed by atoms with Crippen LogP contribution in [0, 0.1) is 54.1 Å². The zero-order chi connectivity index (χ0) is 106. The number of alkyl carbamates (subject to hydrolysis) is 1. The number of esters is 7. The van der Waals surface area contributed by atoms with Crippen molar-refractivity contribution in [2.45, 2.75) is 414 Å². The first-order valence-corrected chi connectivity index (χ1v) is 46.9. The van der Waals surface area contributed by atoms with Gasteiger partial charge in [-0.05, 0) is 151 Å². The SMILES string of the molecule is CC(=O)CCC(=O)O[C@H](C)C(C)(C)C.CC(=O)NCC(=O)O[C@H](C)C(C)(C)C.CCC(C)(N)COC(=O)O[C@H](C)C(C)(C)C.CCC(CO)(CO)CC(=O)O[C@H](C)C(C)(C)C.CCS(=O)(=O)CCCC(=O)O[C@H](C)C(C)(C)C.COC(=O)NCC(=O)O[C@H](C)C(C)(C)C.C[C@@H](OC(=O)CC(=O)C(C)(Cl)Cl)C(C)(C)C.C[C@@H](OC(=O)CN)C(C)(C)C.C[C@@H](OC(N)=O)C(C)(C)C. The van der Waals surface area contributed by atoms with Crippen LogP contribution in [0.4, 0.5) is 14.4 Å². The van der Waals surface area contributed by atoms with Crippen molar-refractivity contribution >= 4 is 111 Å². The molecule has 33 nitrogen and oxygen atoms in total. The van der Waals surface area contributed by atoms with E-state index in [0.29, 0.717) is 12.8 Å². The number of hydrogen-bond acceptors (Lipinski definition) is 30. The first-order valence-electron chi connectivity index (χ1n) is 44.3. The van der Waals surface area contributed by atoms with Crippen molar-refractivity contribution in [3.8, 4) is 0 Å². The summed E-state index contributed by atoms with van der Waals surface area (Å²) in [6.45, 7) is 81.2. The first-order chi connectivity index (χ1) is 57.8. The van der Waals surface area contributed by atoms with Gasteiger partial charge in [-0.25, -0.2) is 22.8 Å². The van der Waals surface area contributed by atoms with E-state index >= 15 is 0 Å². The van der Waals surface area contributed by atoms with Crippen molar-refractivity contribution in [2.75, 3.05) is 58.1 Å². The summed E-state index contributed by atoms with van der Waals surface area (Å²) in [5, 5.41) is 23.1. The van der Waals surface area contributed by atoms with Gasteiger partial charge in [-0.2, -0.15) is 0 Å². The van der Waals surface area contributed by atoms with Gasteiger partial charge in [-0.3, -0.25) is 43.2 Å². The molecule has 0 aliphatic carbocycles. The summed E-state index contributed by atoms with van der Waals surface area (Å²) in [4.78, 5) is 144. The molecule has 130 heavy (non-hydrogen) atoms. The van der Waals surface area contributed by atoms with Crippen molar-refractivity contribution in [3.05, 3.63) is 0 Å². The minimum absolute atomic E-state index is 0.00910. The van der Waals surface area contributed by atoms with Crippen LogP contribution in [0.25, 0.3) is 0 Å². The third-order valence-corrected chi connectivity index (χ3v) is 23.1. The Labute approximate surface area is 793 Å². The zero-order valence-corrected chi connectivity index (χ0v) is 90.7. The normalized spacial score (nSPS) is 14.4. The maximum Gasteiger partial charge on any atom is 0.508 e. The average Bonchev–Trinajstić information content (AvgIpc) is 0.870. The molecule has 0 saturated carbocycles. The van der Waals surface area contributed by atoms with Crippen LogP contribution in [-0.2, 0) is 110 Å². The Bertz CT molecular complexity index is 3350. The molecule has 0 aromatic rings. The molecular weight excluding hydrogens is 1750 g/mol. The number of ketones is 2. The molecule has 36 heteroatoms. The van der Waals surface area contributed by atoms with Crippen LogP contribution in [0.1, 0.15) is 349 Å². The van der Waals surface area contributed by atoms with Crippen LogP contribution in [0.2, 0.25) is 0 Å². The number of aliphatic hydroxyl groups is 2. The third-order valence-electron chi connectivity index (χ3n) is 20.9. The number of ether oxygens (including phenoxy) is 11. The molecule has 0 radical (unpaired) electrons. The second kappa shape index (κ2) is 65.1. The lowest BCUT2D eigenvalue weighted by Crippen LogP contribution is -2.41. The fraction of sp³-hybridized carbons (Fsp3) is 0.862. The smallest absolute Gasteiger partial charge is 0.462 e. The van der Waals surface area contributed by atoms with Gasteiger partial charge in [-0.1, -0.05) is 231 Å². The minimum Gasteiger partial charge on any atom is -0.462 e. The highest BCUT2D eigenvalue weighted by Gasteiger charge is 2.36. The highest BCUT2D eigenvalue weighted by atomic mass is 35.5. The number of carbonyl (C=O) groups is 13. The number of Topliss-reactive ketones (excluding diaryl/α,β-unsaturated/α-hetero) is 2. The van der Waals surface area contributed by atoms with Crippen molar-refractivity contribution < 1.29 is 133 Å². The summed E-state index contributed by atoms with van der Waals surface area (Å²) in [5.41, 5.74) is 13.8. The fourth-order valence-corrected chi connectivity index (χ4v) is 7.36. The Kier molecular flexibility index (Phi) is 70.6. The monoisotopic (exact) mass is 1930 g/mol. The first kappa shape index (κ1) is 141. The van der Waals surface area contributed by atoms with Gasteiger partial charge in [0.2, 0.25) is 5.91 Å². The number of primary amides is 1. The summed E-state index contributed by atoms with van der Waals surface area (Å²) in [6.07, 6.45) is -1.62. The van der Waals surface area contributed by atoms with E-state index in [1.807, 2.05) is 263 Å². The summed E-state index contributed by atoms with van der Waals surface area (Å²) in [5.74, 6) is -3.36. The molecule has 0 bridgehead atoms. The summed E-state index contributed by atoms with van der Waals surface area (Å²) >= 11 is 11.1. The molecule has 0 spiro atoms. The number of hydrogen-bond donors (Lipinski definition) is 7. The average molecular weight is 1930 g/mol. The largest absolute Gasteiger partial charge is 0.508 e. The molecule has 0 fully saturated rings. The maximum atomic E-state index is 11.7. The second-order valence-electron chi connectivity index (χ2n) is 42.4. The predicted octanol–water partition coefficient (Wildman–Crippen LogP) is 16.9. The topological polar surface area (TPSA) is 500 Å². The van der Waals surface area contributed by atoms with Gasteiger partial charge in [0.1, 0.15) is 96.7 Å². The second-order valence-corrected chi connectivity index (χ2v) is 46.6. The van der Waals surface area contributed by atoms with Gasteiger partial charge >= 0.3 is 60.1 Å². The van der Waals surface area contributed by atoms with Gasteiger partial charge in [0, 0.05) is 36.5 Å². The number of rotatable bonds is 33. The van der Waals surface area contributed by atoms with Crippen molar-refractivity contribution in [1.29, 1.82) is 0 Å².